The van der Waals surface area contributed by atoms with Crippen molar-refractivity contribution in [1.29, 1.82) is 0 Å². The Morgan fingerprint density at radius 1 is 1.14 bits per heavy atom. The van der Waals surface area contributed by atoms with Crippen LogP contribution in [-0.4, -0.2) is 75.2 Å². The van der Waals surface area contributed by atoms with Crippen LogP contribution in [-0.2, 0) is 9.53 Å². The highest BCUT2D eigenvalue weighted by atomic mass is 16.5. The Kier molecular flexibility index (Phi) is 10.6. The van der Waals surface area contributed by atoms with E-state index in [-0.39, 0.29) is 5.97 Å². The molecular formula is C16H35N3O2. The number of carbonyl (C=O) groups excluding carboxylic acids is 1. The lowest BCUT2D eigenvalue weighted by atomic mass is 9.95. The Hall–Kier alpha value is -0.650. The second kappa shape index (κ2) is 11.0. The number of hydrogen-bond donors (Lipinski definition) is 1. The average Bonchev–Trinajstić information content (AvgIpc) is 2.43. The molecular weight excluding hydrogens is 266 g/mol. The molecule has 0 rings (SSSR count). The van der Waals surface area contributed by atoms with Crippen molar-refractivity contribution in [2.45, 2.75) is 45.6 Å². The number of likely N-dealkylation sites (N-methyl/N-ethyl adjacent to an activating group) is 2. The van der Waals surface area contributed by atoms with Crippen molar-refractivity contribution in [3.8, 4) is 0 Å². The third-order valence-electron chi connectivity index (χ3n) is 3.64. The minimum atomic E-state index is -0.561. The van der Waals surface area contributed by atoms with E-state index in [9.17, 15) is 4.79 Å². The third-order valence-corrected chi connectivity index (χ3v) is 3.64. The fraction of sp³-hybridized carbons (Fsp3) is 0.938. The average molecular weight is 301 g/mol. The summed E-state index contributed by atoms with van der Waals surface area (Å²) in [6, 6.07) is 0. The highest BCUT2D eigenvalue weighted by Gasteiger charge is 2.33. The summed E-state index contributed by atoms with van der Waals surface area (Å²) in [5, 5.41) is 3.35. The van der Waals surface area contributed by atoms with Gasteiger partial charge in [-0.05, 0) is 67.3 Å². The highest BCUT2D eigenvalue weighted by Crippen LogP contribution is 2.15. The molecule has 0 fully saturated rings. The molecule has 1 N–H and O–H groups in total. The first kappa shape index (κ1) is 20.3. The van der Waals surface area contributed by atoms with Gasteiger partial charge in [-0.3, -0.25) is 4.79 Å². The molecule has 1 unspecified atom stereocenters. The van der Waals surface area contributed by atoms with Crippen molar-refractivity contribution in [2.24, 2.45) is 0 Å². The first-order valence-corrected chi connectivity index (χ1v) is 8.11. The van der Waals surface area contributed by atoms with Gasteiger partial charge in [-0.25, -0.2) is 0 Å². The van der Waals surface area contributed by atoms with Gasteiger partial charge >= 0.3 is 5.97 Å². The third kappa shape index (κ3) is 9.06. The van der Waals surface area contributed by atoms with Crippen LogP contribution < -0.4 is 5.32 Å². The zero-order chi connectivity index (χ0) is 16.3. The summed E-state index contributed by atoms with van der Waals surface area (Å²) >= 11 is 0. The summed E-state index contributed by atoms with van der Waals surface area (Å²) in [6.07, 6.45) is 2.80. The second-order valence-electron chi connectivity index (χ2n) is 6.19. The topological polar surface area (TPSA) is 44.8 Å². The minimum Gasteiger partial charge on any atom is -0.465 e. The van der Waals surface area contributed by atoms with E-state index in [2.05, 4.69) is 43.2 Å². The number of rotatable bonds is 12. The molecule has 0 radical (unpaired) electrons. The maximum atomic E-state index is 12.2. The molecule has 21 heavy (non-hydrogen) atoms. The van der Waals surface area contributed by atoms with Crippen LogP contribution in [0.5, 0.6) is 0 Å². The SMILES string of the molecule is CCCNC(C)(CCCN(C)CCN(C)C)C(=O)OCC. The van der Waals surface area contributed by atoms with Gasteiger partial charge in [0.15, 0.2) is 0 Å². The van der Waals surface area contributed by atoms with Crippen LogP contribution in [0, 0.1) is 0 Å². The maximum Gasteiger partial charge on any atom is 0.326 e. The van der Waals surface area contributed by atoms with E-state index in [1.54, 1.807) is 0 Å². The molecule has 0 aliphatic heterocycles. The van der Waals surface area contributed by atoms with Crippen molar-refractivity contribution in [1.82, 2.24) is 15.1 Å². The quantitative estimate of drug-likeness (QED) is 0.555. The zero-order valence-corrected chi connectivity index (χ0v) is 14.9. The van der Waals surface area contributed by atoms with Crippen LogP contribution in [0.25, 0.3) is 0 Å². The van der Waals surface area contributed by atoms with Crippen LogP contribution in [0.15, 0.2) is 0 Å². The molecule has 0 saturated heterocycles. The van der Waals surface area contributed by atoms with Gasteiger partial charge in [0, 0.05) is 13.1 Å². The van der Waals surface area contributed by atoms with Crippen LogP contribution in [0.2, 0.25) is 0 Å². The molecule has 5 nitrogen and oxygen atoms in total. The molecule has 0 aromatic rings. The van der Waals surface area contributed by atoms with E-state index in [0.29, 0.717) is 6.61 Å². The van der Waals surface area contributed by atoms with Gasteiger partial charge in [0.2, 0.25) is 0 Å². The van der Waals surface area contributed by atoms with Crippen LogP contribution in [0.3, 0.4) is 0 Å². The number of nitrogens with zero attached hydrogens (tertiary/aromatic N) is 2. The zero-order valence-electron chi connectivity index (χ0n) is 14.9. The largest absolute Gasteiger partial charge is 0.465 e. The van der Waals surface area contributed by atoms with Gasteiger partial charge in [0.05, 0.1) is 6.61 Å². The van der Waals surface area contributed by atoms with Gasteiger partial charge in [-0.1, -0.05) is 6.92 Å². The van der Waals surface area contributed by atoms with E-state index in [4.69, 9.17) is 4.74 Å². The molecule has 0 amide bonds. The fourth-order valence-corrected chi connectivity index (χ4v) is 2.14. The Morgan fingerprint density at radius 2 is 1.81 bits per heavy atom. The lowest BCUT2D eigenvalue weighted by Gasteiger charge is -2.29. The predicted octanol–water partition coefficient (Wildman–Crippen LogP) is 1.58. The van der Waals surface area contributed by atoms with Gasteiger partial charge in [0.1, 0.15) is 5.54 Å². The lowest BCUT2D eigenvalue weighted by molar-refractivity contribution is -0.150. The Balaban J connectivity index is 4.25. The molecule has 0 aromatic heterocycles. The Labute approximate surface area is 131 Å². The Bertz CT molecular complexity index is 285. The lowest BCUT2D eigenvalue weighted by Crippen LogP contribution is -2.51. The van der Waals surface area contributed by atoms with Gasteiger partial charge < -0.3 is 19.9 Å². The summed E-state index contributed by atoms with van der Waals surface area (Å²) in [5.74, 6) is -0.130. The van der Waals surface area contributed by atoms with Crippen LogP contribution >= 0.6 is 0 Å². The monoisotopic (exact) mass is 301 g/mol. The fourth-order valence-electron chi connectivity index (χ4n) is 2.14. The first-order valence-electron chi connectivity index (χ1n) is 8.11. The van der Waals surface area contributed by atoms with Crippen molar-refractivity contribution in [2.75, 3.05) is 53.9 Å². The molecule has 0 aliphatic carbocycles. The number of carbonyl (C=O) groups is 1. The number of nitrogens with one attached hydrogen (secondary N) is 1. The predicted molar refractivity (Wildman–Crippen MR) is 88.6 cm³/mol. The van der Waals surface area contributed by atoms with Gasteiger partial charge in [-0.15, -0.1) is 0 Å². The molecule has 0 spiro atoms. The number of esters is 1. The summed E-state index contributed by atoms with van der Waals surface area (Å²) < 4.78 is 5.22. The molecule has 1 atom stereocenters. The summed E-state index contributed by atoms with van der Waals surface area (Å²) in [4.78, 5) is 16.7. The minimum absolute atomic E-state index is 0.130. The smallest absolute Gasteiger partial charge is 0.326 e. The first-order chi connectivity index (χ1) is 9.85. The Morgan fingerprint density at radius 3 is 2.33 bits per heavy atom. The second-order valence-corrected chi connectivity index (χ2v) is 6.19. The number of hydrogen-bond acceptors (Lipinski definition) is 5. The van der Waals surface area contributed by atoms with Crippen molar-refractivity contribution >= 4 is 5.97 Å². The molecule has 0 bridgehead atoms. The highest BCUT2D eigenvalue weighted by molar-refractivity contribution is 5.80. The van der Waals surface area contributed by atoms with Crippen molar-refractivity contribution < 1.29 is 9.53 Å². The van der Waals surface area contributed by atoms with Gasteiger partial charge in [0.25, 0.3) is 0 Å². The van der Waals surface area contributed by atoms with E-state index in [0.717, 1.165) is 45.4 Å². The molecule has 5 heteroatoms. The summed E-state index contributed by atoms with van der Waals surface area (Å²) in [7, 11) is 6.30. The molecule has 0 aliphatic rings. The summed E-state index contributed by atoms with van der Waals surface area (Å²) in [5.41, 5.74) is -0.561. The van der Waals surface area contributed by atoms with Crippen molar-refractivity contribution in [3.63, 3.8) is 0 Å². The molecule has 126 valence electrons. The van der Waals surface area contributed by atoms with E-state index >= 15 is 0 Å². The van der Waals surface area contributed by atoms with Crippen LogP contribution in [0.4, 0.5) is 0 Å². The van der Waals surface area contributed by atoms with Crippen LogP contribution in [0.1, 0.15) is 40.0 Å². The van der Waals surface area contributed by atoms with Gasteiger partial charge in [-0.2, -0.15) is 0 Å². The van der Waals surface area contributed by atoms with E-state index in [1.807, 2.05) is 13.8 Å². The summed E-state index contributed by atoms with van der Waals surface area (Å²) in [6.45, 7) is 10.3. The van der Waals surface area contributed by atoms with E-state index < -0.39 is 5.54 Å². The normalized spacial score (nSPS) is 14.5. The number of ether oxygens (including phenoxy) is 1. The maximum absolute atomic E-state index is 12.2. The molecule has 0 aromatic carbocycles. The van der Waals surface area contributed by atoms with Crippen molar-refractivity contribution in [3.05, 3.63) is 0 Å². The van der Waals surface area contributed by atoms with E-state index in [1.165, 1.54) is 0 Å². The standard InChI is InChI=1S/C16H35N3O2/c1-7-11-17-16(3,15(20)21-8-2)10-9-12-19(6)14-13-18(4)5/h17H,7-14H2,1-6H3. The molecule has 0 heterocycles. The molecule has 0 saturated carbocycles.